The fraction of sp³-hybridized carbons (Fsp3) is 0.500. The number of benzene rings is 1. The molecule has 0 spiro atoms. The average Bonchev–Trinajstić information content (AvgIpc) is 2.26. The third-order valence-corrected chi connectivity index (χ3v) is 2.27. The molecule has 0 aliphatic heterocycles. The van der Waals surface area contributed by atoms with E-state index in [1.165, 1.54) is 0 Å². The standard InChI is InChI=1S/C12H19NO2/c1-9(14-3)8-15-12-6-4-5-11(7-12)10(2)13/h4-7,9-10H,8,13H2,1-3H3/t9?,10-/m1/s1. The van der Waals surface area contributed by atoms with Crippen LogP contribution >= 0.6 is 0 Å². The van der Waals surface area contributed by atoms with E-state index in [2.05, 4.69) is 0 Å². The molecule has 0 fully saturated rings. The van der Waals surface area contributed by atoms with Crippen LogP contribution < -0.4 is 10.5 Å². The molecule has 1 aromatic carbocycles. The Morgan fingerprint density at radius 3 is 2.67 bits per heavy atom. The minimum Gasteiger partial charge on any atom is -0.491 e. The molecule has 2 atom stereocenters. The molecular formula is C12H19NO2. The number of methoxy groups -OCH3 is 1. The molecule has 3 nitrogen and oxygen atoms in total. The lowest BCUT2D eigenvalue weighted by Crippen LogP contribution is -2.16. The van der Waals surface area contributed by atoms with Gasteiger partial charge < -0.3 is 15.2 Å². The maximum absolute atomic E-state index is 5.78. The number of rotatable bonds is 5. The minimum atomic E-state index is 0.0356. The summed E-state index contributed by atoms with van der Waals surface area (Å²) in [6, 6.07) is 7.87. The zero-order valence-electron chi connectivity index (χ0n) is 9.57. The first-order valence-electron chi connectivity index (χ1n) is 5.14. The molecule has 0 radical (unpaired) electrons. The fourth-order valence-corrected chi connectivity index (χ4v) is 1.17. The van der Waals surface area contributed by atoms with Gasteiger partial charge in [-0.2, -0.15) is 0 Å². The third-order valence-electron chi connectivity index (χ3n) is 2.27. The van der Waals surface area contributed by atoms with Crippen molar-refractivity contribution in [3.8, 4) is 5.75 Å². The maximum Gasteiger partial charge on any atom is 0.119 e. The first-order valence-corrected chi connectivity index (χ1v) is 5.14. The van der Waals surface area contributed by atoms with E-state index in [9.17, 15) is 0 Å². The van der Waals surface area contributed by atoms with Crippen LogP contribution in [0.2, 0.25) is 0 Å². The molecule has 2 N–H and O–H groups in total. The lowest BCUT2D eigenvalue weighted by atomic mass is 10.1. The molecule has 0 heterocycles. The van der Waals surface area contributed by atoms with Gasteiger partial charge in [0.25, 0.3) is 0 Å². The third kappa shape index (κ3) is 3.90. The largest absolute Gasteiger partial charge is 0.491 e. The van der Waals surface area contributed by atoms with Crippen LogP contribution in [0.3, 0.4) is 0 Å². The molecule has 0 bridgehead atoms. The zero-order chi connectivity index (χ0) is 11.3. The van der Waals surface area contributed by atoms with Gasteiger partial charge in [0.15, 0.2) is 0 Å². The summed E-state index contributed by atoms with van der Waals surface area (Å²) in [5.41, 5.74) is 6.87. The zero-order valence-corrected chi connectivity index (χ0v) is 9.57. The lowest BCUT2D eigenvalue weighted by Gasteiger charge is -2.13. The van der Waals surface area contributed by atoms with Crippen molar-refractivity contribution in [3.05, 3.63) is 29.8 Å². The summed E-state index contributed by atoms with van der Waals surface area (Å²) in [6.07, 6.45) is 0.101. The molecule has 1 aromatic rings. The summed E-state index contributed by atoms with van der Waals surface area (Å²) < 4.78 is 10.7. The second-order valence-corrected chi connectivity index (χ2v) is 3.72. The molecular weight excluding hydrogens is 190 g/mol. The van der Waals surface area contributed by atoms with Gasteiger partial charge in [-0.15, -0.1) is 0 Å². The van der Waals surface area contributed by atoms with E-state index >= 15 is 0 Å². The van der Waals surface area contributed by atoms with Gasteiger partial charge in [-0.05, 0) is 31.5 Å². The first-order chi connectivity index (χ1) is 7.13. The van der Waals surface area contributed by atoms with Gasteiger partial charge in [-0.1, -0.05) is 12.1 Å². The van der Waals surface area contributed by atoms with Crippen LogP contribution in [-0.2, 0) is 4.74 Å². The molecule has 1 rings (SSSR count). The molecule has 0 aliphatic carbocycles. The van der Waals surface area contributed by atoms with Crippen LogP contribution in [0.4, 0.5) is 0 Å². The Morgan fingerprint density at radius 2 is 2.07 bits per heavy atom. The van der Waals surface area contributed by atoms with Crippen molar-refractivity contribution < 1.29 is 9.47 Å². The van der Waals surface area contributed by atoms with Crippen molar-refractivity contribution in [2.45, 2.75) is 26.0 Å². The predicted octanol–water partition coefficient (Wildman–Crippen LogP) is 2.12. The molecule has 0 aromatic heterocycles. The topological polar surface area (TPSA) is 44.5 Å². The highest BCUT2D eigenvalue weighted by Gasteiger charge is 2.03. The fourth-order valence-electron chi connectivity index (χ4n) is 1.17. The summed E-state index contributed by atoms with van der Waals surface area (Å²) >= 11 is 0. The molecule has 1 unspecified atom stereocenters. The van der Waals surface area contributed by atoms with Crippen LogP contribution in [0.25, 0.3) is 0 Å². The van der Waals surface area contributed by atoms with Crippen LogP contribution in [0.15, 0.2) is 24.3 Å². The number of nitrogens with two attached hydrogens (primary N) is 1. The van der Waals surface area contributed by atoms with Crippen LogP contribution in [0, 0.1) is 0 Å². The minimum absolute atomic E-state index is 0.0356. The van der Waals surface area contributed by atoms with E-state index in [1.54, 1.807) is 7.11 Å². The summed E-state index contributed by atoms with van der Waals surface area (Å²) in [6.45, 7) is 4.48. The van der Waals surface area contributed by atoms with E-state index in [4.69, 9.17) is 15.2 Å². The quantitative estimate of drug-likeness (QED) is 0.807. The van der Waals surface area contributed by atoms with Crippen LogP contribution in [0.1, 0.15) is 25.5 Å². The highest BCUT2D eigenvalue weighted by Crippen LogP contribution is 2.17. The van der Waals surface area contributed by atoms with Gasteiger partial charge in [0.05, 0.1) is 6.10 Å². The number of hydrogen-bond donors (Lipinski definition) is 1. The molecule has 0 saturated carbocycles. The van der Waals surface area contributed by atoms with E-state index in [0.29, 0.717) is 6.61 Å². The molecule has 0 saturated heterocycles. The van der Waals surface area contributed by atoms with Gasteiger partial charge in [0, 0.05) is 13.2 Å². The summed E-state index contributed by atoms with van der Waals surface area (Å²) in [7, 11) is 1.67. The Balaban J connectivity index is 2.58. The van der Waals surface area contributed by atoms with E-state index in [-0.39, 0.29) is 12.1 Å². The number of ether oxygens (including phenoxy) is 2. The SMILES string of the molecule is COC(C)COc1cccc([C@@H](C)N)c1. The van der Waals surface area contributed by atoms with Gasteiger partial charge in [-0.25, -0.2) is 0 Å². The Kier molecular flexibility index (Phi) is 4.59. The van der Waals surface area contributed by atoms with Crippen molar-refractivity contribution in [2.75, 3.05) is 13.7 Å². The first kappa shape index (κ1) is 12.0. The molecule has 0 aliphatic rings. The van der Waals surface area contributed by atoms with Gasteiger partial charge >= 0.3 is 0 Å². The van der Waals surface area contributed by atoms with Crippen molar-refractivity contribution >= 4 is 0 Å². The number of hydrogen-bond acceptors (Lipinski definition) is 3. The van der Waals surface area contributed by atoms with E-state index in [0.717, 1.165) is 11.3 Å². The van der Waals surface area contributed by atoms with Gasteiger partial charge in [0.2, 0.25) is 0 Å². The average molecular weight is 209 g/mol. The van der Waals surface area contributed by atoms with Gasteiger partial charge in [0.1, 0.15) is 12.4 Å². The van der Waals surface area contributed by atoms with Crippen LogP contribution in [-0.4, -0.2) is 19.8 Å². The molecule has 15 heavy (non-hydrogen) atoms. The van der Waals surface area contributed by atoms with Gasteiger partial charge in [-0.3, -0.25) is 0 Å². The Bertz CT molecular complexity index is 299. The highest BCUT2D eigenvalue weighted by atomic mass is 16.5. The summed E-state index contributed by atoms with van der Waals surface area (Å²) in [4.78, 5) is 0. The summed E-state index contributed by atoms with van der Waals surface area (Å²) in [5, 5.41) is 0. The smallest absolute Gasteiger partial charge is 0.119 e. The Morgan fingerprint density at radius 1 is 1.33 bits per heavy atom. The Hall–Kier alpha value is -1.06. The maximum atomic E-state index is 5.78. The van der Waals surface area contributed by atoms with E-state index in [1.807, 2.05) is 38.1 Å². The van der Waals surface area contributed by atoms with Crippen LogP contribution in [0.5, 0.6) is 5.75 Å². The van der Waals surface area contributed by atoms with Crippen molar-refractivity contribution in [1.29, 1.82) is 0 Å². The second-order valence-electron chi connectivity index (χ2n) is 3.72. The summed E-state index contributed by atoms with van der Waals surface area (Å²) in [5.74, 6) is 0.841. The monoisotopic (exact) mass is 209 g/mol. The van der Waals surface area contributed by atoms with Crippen molar-refractivity contribution in [2.24, 2.45) is 5.73 Å². The Labute approximate surface area is 91.2 Å². The van der Waals surface area contributed by atoms with Crippen molar-refractivity contribution in [1.82, 2.24) is 0 Å². The lowest BCUT2D eigenvalue weighted by molar-refractivity contribution is 0.0716. The predicted molar refractivity (Wildman–Crippen MR) is 61.0 cm³/mol. The highest BCUT2D eigenvalue weighted by molar-refractivity contribution is 5.30. The molecule has 3 heteroatoms. The molecule has 84 valence electrons. The second kappa shape index (κ2) is 5.73. The molecule has 0 amide bonds. The van der Waals surface area contributed by atoms with Crippen molar-refractivity contribution in [3.63, 3.8) is 0 Å². The van der Waals surface area contributed by atoms with E-state index < -0.39 is 0 Å². The normalized spacial score (nSPS) is 14.7.